The van der Waals surface area contributed by atoms with Gasteiger partial charge in [-0.3, -0.25) is 0 Å². The van der Waals surface area contributed by atoms with Crippen LogP contribution in [0.25, 0.3) is 0 Å². The van der Waals surface area contributed by atoms with E-state index in [1.165, 1.54) is 18.2 Å². The van der Waals surface area contributed by atoms with Gasteiger partial charge in [-0.25, -0.2) is 0 Å². The molecule has 0 atom stereocenters. The Morgan fingerprint density at radius 3 is 2.53 bits per heavy atom. The van der Waals surface area contributed by atoms with Gasteiger partial charge < -0.3 is 9.47 Å². The third-order valence-corrected chi connectivity index (χ3v) is 2.09. The van der Waals surface area contributed by atoms with Crippen LogP contribution in [0.15, 0.2) is 22.7 Å². The second-order valence-corrected chi connectivity index (χ2v) is 3.43. The lowest BCUT2D eigenvalue weighted by atomic mass is 10.3. The highest BCUT2D eigenvalue weighted by Crippen LogP contribution is 2.32. The molecule has 1 aromatic carbocycles. The lowest BCUT2D eigenvalue weighted by Crippen LogP contribution is -2.17. The number of ether oxygens (including phenoxy) is 2. The SMILES string of the molecule is CCOc1cc(OC(F)(F)F)ccc1Br. The van der Waals surface area contributed by atoms with Crippen molar-refractivity contribution in [1.29, 1.82) is 0 Å². The van der Waals surface area contributed by atoms with E-state index in [0.29, 0.717) is 16.8 Å². The highest BCUT2D eigenvalue weighted by atomic mass is 79.9. The Bertz CT molecular complexity index is 339. The summed E-state index contributed by atoms with van der Waals surface area (Å²) in [6.07, 6.45) is -4.68. The molecule has 2 nitrogen and oxygen atoms in total. The summed E-state index contributed by atoms with van der Waals surface area (Å²) in [5.41, 5.74) is 0. The van der Waals surface area contributed by atoms with Crippen molar-refractivity contribution in [2.24, 2.45) is 0 Å². The molecule has 84 valence electrons. The predicted octanol–water partition coefficient (Wildman–Crippen LogP) is 3.75. The van der Waals surface area contributed by atoms with Crippen LogP contribution in [0, 0.1) is 0 Å². The molecule has 0 saturated carbocycles. The van der Waals surface area contributed by atoms with E-state index in [1.807, 2.05) is 0 Å². The smallest absolute Gasteiger partial charge is 0.493 e. The van der Waals surface area contributed by atoms with Crippen LogP contribution in [0.3, 0.4) is 0 Å². The lowest BCUT2D eigenvalue weighted by Gasteiger charge is -2.11. The molecule has 0 unspecified atom stereocenters. The molecule has 0 spiro atoms. The summed E-state index contributed by atoms with van der Waals surface area (Å²) in [6.45, 7) is 2.11. The summed E-state index contributed by atoms with van der Waals surface area (Å²) in [5.74, 6) is 0.0217. The Labute approximate surface area is 93.1 Å². The van der Waals surface area contributed by atoms with Crippen molar-refractivity contribution in [3.63, 3.8) is 0 Å². The minimum atomic E-state index is -4.68. The second kappa shape index (κ2) is 4.74. The fourth-order valence-electron chi connectivity index (χ4n) is 0.947. The molecule has 0 aromatic heterocycles. The van der Waals surface area contributed by atoms with Gasteiger partial charge in [-0.2, -0.15) is 0 Å². The maximum absolute atomic E-state index is 11.9. The average Bonchev–Trinajstić information content (AvgIpc) is 2.09. The van der Waals surface area contributed by atoms with E-state index < -0.39 is 6.36 Å². The first-order valence-electron chi connectivity index (χ1n) is 4.10. The number of benzene rings is 1. The highest BCUT2D eigenvalue weighted by Gasteiger charge is 2.31. The molecule has 0 aliphatic heterocycles. The Balaban J connectivity index is 2.87. The van der Waals surface area contributed by atoms with Crippen molar-refractivity contribution >= 4 is 15.9 Å². The summed E-state index contributed by atoms with van der Waals surface area (Å²) < 4.78 is 45.1. The van der Waals surface area contributed by atoms with Gasteiger partial charge in [-0.1, -0.05) is 0 Å². The minimum Gasteiger partial charge on any atom is -0.493 e. The molecule has 0 aliphatic carbocycles. The van der Waals surface area contributed by atoms with Crippen molar-refractivity contribution in [2.45, 2.75) is 13.3 Å². The molecular formula is C9H8BrF3O2. The zero-order chi connectivity index (χ0) is 11.5. The van der Waals surface area contributed by atoms with E-state index in [1.54, 1.807) is 6.92 Å². The van der Waals surface area contributed by atoms with Gasteiger partial charge in [0, 0.05) is 6.07 Å². The minimum absolute atomic E-state index is 0.297. The standard InChI is InChI=1S/C9H8BrF3O2/c1-2-14-8-5-6(3-4-7(8)10)15-9(11,12)13/h3-5H,2H2,1H3. The van der Waals surface area contributed by atoms with Crippen LogP contribution in [-0.2, 0) is 0 Å². The van der Waals surface area contributed by atoms with Gasteiger partial charge >= 0.3 is 6.36 Å². The van der Waals surface area contributed by atoms with Crippen molar-refractivity contribution in [1.82, 2.24) is 0 Å². The summed E-state index contributed by atoms with van der Waals surface area (Å²) in [5, 5.41) is 0. The molecule has 0 amide bonds. The lowest BCUT2D eigenvalue weighted by molar-refractivity contribution is -0.274. The Morgan fingerprint density at radius 2 is 2.00 bits per heavy atom. The summed E-state index contributed by atoms with van der Waals surface area (Å²) in [6, 6.07) is 3.83. The first-order valence-corrected chi connectivity index (χ1v) is 4.90. The number of hydrogen-bond donors (Lipinski definition) is 0. The molecule has 0 fully saturated rings. The van der Waals surface area contributed by atoms with Gasteiger partial charge in [0.1, 0.15) is 11.5 Å². The van der Waals surface area contributed by atoms with Crippen molar-refractivity contribution in [3.05, 3.63) is 22.7 Å². The van der Waals surface area contributed by atoms with Gasteiger partial charge in [0.15, 0.2) is 0 Å². The zero-order valence-electron chi connectivity index (χ0n) is 7.77. The number of alkyl halides is 3. The Morgan fingerprint density at radius 1 is 1.33 bits per heavy atom. The quantitative estimate of drug-likeness (QED) is 0.842. The molecule has 0 aliphatic rings. The molecule has 0 N–H and O–H groups in total. The number of rotatable bonds is 3. The van der Waals surface area contributed by atoms with Crippen molar-refractivity contribution in [3.8, 4) is 11.5 Å². The molecule has 0 bridgehead atoms. The van der Waals surface area contributed by atoms with Gasteiger partial charge in [0.05, 0.1) is 11.1 Å². The third-order valence-electron chi connectivity index (χ3n) is 1.44. The normalized spacial score (nSPS) is 11.3. The van der Waals surface area contributed by atoms with Crippen LogP contribution in [0.2, 0.25) is 0 Å². The monoisotopic (exact) mass is 284 g/mol. The second-order valence-electron chi connectivity index (χ2n) is 2.57. The summed E-state index contributed by atoms with van der Waals surface area (Å²) in [7, 11) is 0. The zero-order valence-corrected chi connectivity index (χ0v) is 9.35. The van der Waals surface area contributed by atoms with Gasteiger partial charge in [-0.15, -0.1) is 13.2 Å². The van der Waals surface area contributed by atoms with Gasteiger partial charge in [0.25, 0.3) is 0 Å². The average molecular weight is 285 g/mol. The van der Waals surface area contributed by atoms with Crippen LogP contribution < -0.4 is 9.47 Å². The fourth-order valence-corrected chi connectivity index (χ4v) is 1.31. The Kier molecular flexibility index (Phi) is 3.84. The first-order chi connectivity index (χ1) is 6.92. The number of halogens is 4. The fraction of sp³-hybridized carbons (Fsp3) is 0.333. The highest BCUT2D eigenvalue weighted by molar-refractivity contribution is 9.10. The number of hydrogen-bond acceptors (Lipinski definition) is 2. The summed E-state index contributed by atoms with van der Waals surface area (Å²) >= 11 is 3.15. The van der Waals surface area contributed by atoms with Crippen LogP contribution in [-0.4, -0.2) is 13.0 Å². The largest absolute Gasteiger partial charge is 0.573 e. The molecule has 15 heavy (non-hydrogen) atoms. The van der Waals surface area contributed by atoms with Gasteiger partial charge in [0.2, 0.25) is 0 Å². The van der Waals surface area contributed by atoms with Crippen LogP contribution in [0.1, 0.15) is 6.92 Å². The van der Waals surface area contributed by atoms with Crippen molar-refractivity contribution in [2.75, 3.05) is 6.61 Å². The van der Waals surface area contributed by atoms with E-state index in [0.717, 1.165) is 0 Å². The topological polar surface area (TPSA) is 18.5 Å². The molecule has 1 aromatic rings. The van der Waals surface area contributed by atoms with Crippen LogP contribution in [0.5, 0.6) is 11.5 Å². The molecule has 1 rings (SSSR count). The molecular weight excluding hydrogens is 277 g/mol. The van der Waals surface area contributed by atoms with Crippen LogP contribution in [0.4, 0.5) is 13.2 Å². The molecule has 0 heterocycles. The molecule has 6 heteroatoms. The van der Waals surface area contributed by atoms with E-state index >= 15 is 0 Å². The van der Waals surface area contributed by atoms with E-state index in [4.69, 9.17) is 4.74 Å². The first kappa shape index (κ1) is 12.2. The van der Waals surface area contributed by atoms with Crippen LogP contribution >= 0.6 is 15.9 Å². The molecule has 0 radical (unpaired) electrons. The predicted molar refractivity (Wildman–Crippen MR) is 52.0 cm³/mol. The molecule has 0 saturated heterocycles. The van der Waals surface area contributed by atoms with E-state index in [2.05, 4.69) is 20.7 Å². The maximum Gasteiger partial charge on any atom is 0.573 e. The summed E-state index contributed by atoms with van der Waals surface area (Å²) in [4.78, 5) is 0. The van der Waals surface area contributed by atoms with E-state index in [-0.39, 0.29) is 5.75 Å². The van der Waals surface area contributed by atoms with E-state index in [9.17, 15) is 13.2 Å². The van der Waals surface area contributed by atoms with Gasteiger partial charge in [-0.05, 0) is 35.0 Å². The maximum atomic E-state index is 11.9. The third kappa shape index (κ3) is 3.99. The Hall–Kier alpha value is -0.910. The van der Waals surface area contributed by atoms with Crippen molar-refractivity contribution < 1.29 is 22.6 Å².